The lowest BCUT2D eigenvalue weighted by atomic mass is 9.78. The van der Waals surface area contributed by atoms with Crippen molar-refractivity contribution in [3.63, 3.8) is 0 Å². The van der Waals surface area contributed by atoms with Crippen molar-refractivity contribution < 1.29 is 49.8 Å². The van der Waals surface area contributed by atoms with Crippen LogP contribution >= 0.6 is 7.92 Å². The molecular weight excluding hydrogens is 908 g/mol. The highest BCUT2D eigenvalue weighted by Gasteiger charge is 2.44. The van der Waals surface area contributed by atoms with Gasteiger partial charge >= 0.3 is 20.0 Å². The average molecular weight is 975 g/mol. The average Bonchev–Trinajstić information content (AvgIpc) is 3.23. The lowest BCUT2D eigenvalue weighted by Gasteiger charge is -2.36. The summed E-state index contributed by atoms with van der Waals surface area (Å²) >= 11 is 0. The molecule has 0 amide bonds. The number of benzene rings is 5. The molecule has 5 nitrogen and oxygen atoms in total. The van der Waals surface area contributed by atoms with Crippen LogP contribution in [-0.2, 0) is 0 Å². The molecule has 69 heavy (non-hydrogen) atoms. The van der Waals surface area contributed by atoms with Crippen LogP contribution in [-0.4, -0.2) is 20.0 Å². The largest absolute Gasteiger partial charge is 0.864 e. The van der Waals surface area contributed by atoms with Crippen molar-refractivity contribution in [3.8, 4) is 28.7 Å². The molecule has 0 bridgehead atoms. The fourth-order valence-corrected chi connectivity index (χ4v) is 14.6. The summed E-state index contributed by atoms with van der Waals surface area (Å²) in [6.45, 7) is 23.6. The van der Waals surface area contributed by atoms with Crippen LogP contribution in [0, 0.1) is 83.1 Å². The Morgan fingerprint density at radius 2 is 0.797 bits per heavy atom. The molecule has 1 unspecified atom stereocenters. The van der Waals surface area contributed by atoms with Gasteiger partial charge in [-0.15, -0.1) is 26.3 Å². The zero-order chi connectivity index (χ0) is 50.3. The summed E-state index contributed by atoms with van der Waals surface area (Å²) in [5, 5.41) is 1.92. The number of alkyl halides is 6. The van der Waals surface area contributed by atoms with Crippen molar-refractivity contribution >= 4 is 31.2 Å². The third kappa shape index (κ3) is 11.9. The SMILES string of the molecule is Cc1cc(C)c(OB(Oc2c(C)cc(C)cc2C)Oc2c(C)cc(C)c(P(c3cc(OC(F)(F)F)c(C4CCCCC4)c(OC(F)(F)F)c3C3CCCCC3)c3c(C)cc(C)cc3C)c2C)c(C)c1. The molecule has 0 radical (unpaired) electrons. The Labute approximate surface area is 406 Å². The third-order valence-corrected chi connectivity index (χ3v) is 16.9. The molecule has 0 N–H and O–H groups in total. The minimum Gasteiger partial charge on any atom is -0.489 e. The van der Waals surface area contributed by atoms with Gasteiger partial charge in [-0.1, -0.05) is 97.7 Å². The van der Waals surface area contributed by atoms with E-state index in [1.165, 1.54) is 6.07 Å². The van der Waals surface area contributed by atoms with Crippen LogP contribution < -0.4 is 39.4 Å². The first-order chi connectivity index (χ1) is 32.4. The predicted octanol–water partition coefficient (Wildman–Crippen LogP) is 15.6. The fourth-order valence-electron chi connectivity index (χ4n) is 11.5. The quantitative estimate of drug-likeness (QED) is 0.0668. The summed E-state index contributed by atoms with van der Waals surface area (Å²) in [6, 6.07) is 15.6. The van der Waals surface area contributed by atoms with E-state index in [0.29, 0.717) is 72.2 Å². The molecule has 7 rings (SSSR count). The molecule has 0 aromatic heterocycles. The normalized spacial score (nSPS) is 15.5. The van der Waals surface area contributed by atoms with Crippen molar-refractivity contribution in [3.05, 3.63) is 126 Å². The topological polar surface area (TPSA) is 46.2 Å². The van der Waals surface area contributed by atoms with Crippen LogP contribution in [0.3, 0.4) is 0 Å². The zero-order valence-electron chi connectivity index (χ0n) is 42.2. The van der Waals surface area contributed by atoms with Gasteiger partial charge in [0.15, 0.2) is 0 Å². The summed E-state index contributed by atoms with van der Waals surface area (Å²) in [4.78, 5) is 0. The summed E-state index contributed by atoms with van der Waals surface area (Å²) < 4.78 is 121. The van der Waals surface area contributed by atoms with Crippen molar-refractivity contribution in [1.29, 1.82) is 0 Å². The molecule has 0 aliphatic heterocycles. The highest BCUT2D eigenvalue weighted by molar-refractivity contribution is 7.80. The fraction of sp³-hybridized carbons (Fsp3) is 0.464. The summed E-state index contributed by atoms with van der Waals surface area (Å²) in [5.41, 5.74) is 10.8. The second-order valence-electron chi connectivity index (χ2n) is 19.8. The second-order valence-corrected chi connectivity index (χ2v) is 21.9. The van der Waals surface area contributed by atoms with E-state index < -0.39 is 51.3 Å². The Morgan fingerprint density at radius 1 is 0.420 bits per heavy atom. The van der Waals surface area contributed by atoms with Gasteiger partial charge in [-0.05, 0) is 201 Å². The maximum atomic E-state index is 15.1. The number of aryl methyl sites for hydroxylation is 11. The molecule has 2 fully saturated rings. The van der Waals surface area contributed by atoms with Crippen LogP contribution in [0.15, 0.2) is 48.5 Å². The Balaban J connectivity index is 1.56. The van der Waals surface area contributed by atoms with Crippen LogP contribution in [0.1, 0.15) is 154 Å². The highest BCUT2D eigenvalue weighted by atomic mass is 31.1. The van der Waals surface area contributed by atoms with E-state index >= 15 is 13.2 Å². The molecule has 5 aromatic carbocycles. The van der Waals surface area contributed by atoms with E-state index in [9.17, 15) is 13.2 Å². The van der Waals surface area contributed by atoms with Crippen molar-refractivity contribution in [1.82, 2.24) is 0 Å². The summed E-state index contributed by atoms with van der Waals surface area (Å²) in [7, 11) is -3.29. The minimum absolute atomic E-state index is 0.136. The maximum absolute atomic E-state index is 15.1. The number of rotatable bonds is 13. The molecule has 370 valence electrons. The van der Waals surface area contributed by atoms with E-state index in [1.807, 2.05) is 126 Å². The molecule has 0 spiro atoms. The summed E-state index contributed by atoms with van der Waals surface area (Å²) in [6.07, 6.45) is -3.83. The number of hydrogen-bond acceptors (Lipinski definition) is 5. The van der Waals surface area contributed by atoms with Gasteiger partial charge in [0.25, 0.3) is 0 Å². The highest BCUT2D eigenvalue weighted by Crippen LogP contribution is 2.54. The first kappa shape index (κ1) is 52.0. The van der Waals surface area contributed by atoms with Crippen LogP contribution in [0.25, 0.3) is 0 Å². The van der Waals surface area contributed by atoms with Gasteiger partial charge in [-0.25, -0.2) is 0 Å². The zero-order valence-corrected chi connectivity index (χ0v) is 43.1. The first-order valence-corrected chi connectivity index (χ1v) is 25.6. The lowest BCUT2D eigenvalue weighted by Crippen LogP contribution is -2.39. The molecule has 2 aliphatic rings. The van der Waals surface area contributed by atoms with Crippen molar-refractivity contribution in [2.75, 3.05) is 0 Å². The lowest BCUT2D eigenvalue weighted by molar-refractivity contribution is -0.277. The van der Waals surface area contributed by atoms with Gasteiger partial charge in [-0.2, -0.15) is 0 Å². The van der Waals surface area contributed by atoms with E-state index in [-0.39, 0.29) is 5.56 Å². The maximum Gasteiger partial charge on any atom is 0.864 e. The van der Waals surface area contributed by atoms with E-state index in [4.69, 9.17) is 23.4 Å². The first-order valence-electron chi connectivity index (χ1n) is 24.3. The Morgan fingerprint density at radius 3 is 1.23 bits per heavy atom. The molecule has 0 heterocycles. The molecule has 13 heteroatoms. The van der Waals surface area contributed by atoms with Gasteiger partial charge < -0.3 is 23.4 Å². The molecule has 2 saturated carbocycles. The standard InChI is InChI=1S/C56H66BF6O5P/c1-31-23-34(4)49(35(5)24-31)66-57(67-50-36(6)25-32(2)26-37(50)7)68-51-38(8)29-41(11)54(42(51)12)69(53-39(9)27-33(3)28-40(53)10)46-30-45(64-55(58,59)60)47(43-19-15-13-16-20-43)52(65-56(61,62)63)48(46)44-21-17-14-18-22-44/h23-30,43-44H,13-22H2,1-12H3. The van der Waals surface area contributed by atoms with Gasteiger partial charge in [0.2, 0.25) is 0 Å². The van der Waals surface area contributed by atoms with Crippen molar-refractivity contribution in [2.45, 2.75) is 172 Å². The number of ether oxygens (including phenoxy) is 2. The molecule has 5 aromatic rings. The number of halogens is 6. The molecule has 1 atom stereocenters. The van der Waals surface area contributed by atoms with E-state index in [0.717, 1.165) is 97.5 Å². The molecule has 2 aliphatic carbocycles. The van der Waals surface area contributed by atoms with Crippen LogP contribution in [0.2, 0.25) is 0 Å². The Bertz CT molecular complexity index is 2570. The van der Waals surface area contributed by atoms with E-state index in [2.05, 4.69) is 0 Å². The molecular formula is C56H66BF6O5P. The van der Waals surface area contributed by atoms with E-state index in [1.54, 1.807) is 0 Å². The number of hydrogen-bond donors (Lipinski definition) is 0. The van der Waals surface area contributed by atoms with Gasteiger partial charge in [-0.3, -0.25) is 0 Å². The van der Waals surface area contributed by atoms with Crippen LogP contribution in [0.4, 0.5) is 26.3 Å². The Kier molecular flexibility index (Phi) is 15.7. The van der Waals surface area contributed by atoms with Gasteiger partial charge in [0.05, 0.1) is 0 Å². The smallest absolute Gasteiger partial charge is 0.489 e. The van der Waals surface area contributed by atoms with Gasteiger partial charge in [0, 0.05) is 11.1 Å². The monoisotopic (exact) mass is 974 g/mol. The second kappa shape index (κ2) is 20.9. The predicted molar refractivity (Wildman–Crippen MR) is 268 cm³/mol. The minimum atomic E-state index is -5.20. The van der Waals surface area contributed by atoms with Crippen molar-refractivity contribution in [2.24, 2.45) is 0 Å². The molecule has 0 saturated heterocycles. The van der Waals surface area contributed by atoms with Crippen LogP contribution in [0.5, 0.6) is 28.7 Å². The summed E-state index contributed by atoms with van der Waals surface area (Å²) in [5.74, 6) is -0.591. The van der Waals surface area contributed by atoms with Gasteiger partial charge in [0.1, 0.15) is 28.7 Å². The third-order valence-electron chi connectivity index (χ3n) is 13.8. The Hall–Kier alpha value is -4.83.